The third kappa shape index (κ3) is 4.81. The number of carbonyl (C=O) groups excluding carboxylic acids is 1. The Bertz CT molecular complexity index is 474. The Labute approximate surface area is 115 Å². The Kier molecular flexibility index (Phi) is 4.13. The van der Waals surface area contributed by atoms with Gasteiger partial charge in [-0.1, -0.05) is 20.8 Å². The zero-order valence-corrected chi connectivity index (χ0v) is 12.4. The largest absolute Gasteiger partial charge is 0.507 e. The number of phenols is 1. The lowest BCUT2D eigenvalue weighted by Crippen LogP contribution is -2.45. The normalized spacial score (nSPS) is 12.3. The zero-order valence-electron chi connectivity index (χ0n) is 12.4. The Balaban J connectivity index is 2.87. The van der Waals surface area contributed by atoms with Crippen LogP contribution in [0.1, 0.15) is 51.4 Å². The van der Waals surface area contributed by atoms with Crippen LogP contribution in [0.15, 0.2) is 18.2 Å². The van der Waals surface area contributed by atoms with Crippen molar-refractivity contribution >= 4 is 11.6 Å². The average Bonchev–Trinajstić information content (AvgIpc) is 2.16. The van der Waals surface area contributed by atoms with E-state index in [-0.39, 0.29) is 28.2 Å². The summed E-state index contributed by atoms with van der Waals surface area (Å²) in [6.45, 7) is 10.3. The van der Waals surface area contributed by atoms with E-state index in [1.54, 1.807) is 6.07 Å². The fraction of sp³-hybridized carbons (Fsp3) is 0.533. The number of rotatable bonds is 3. The highest BCUT2D eigenvalue weighted by molar-refractivity contribution is 5.98. The molecule has 0 aromatic heterocycles. The van der Waals surface area contributed by atoms with E-state index in [1.807, 2.05) is 13.8 Å². The van der Waals surface area contributed by atoms with Crippen molar-refractivity contribution in [2.75, 3.05) is 5.73 Å². The lowest BCUT2D eigenvalue weighted by molar-refractivity contribution is 0.0889. The smallest absolute Gasteiger partial charge is 0.255 e. The molecule has 0 saturated carbocycles. The lowest BCUT2D eigenvalue weighted by Gasteiger charge is -2.33. The molecule has 0 fully saturated rings. The van der Waals surface area contributed by atoms with Gasteiger partial charge in [0.15, 0.2) is 0 Å². The van der Waals surface area contributed by atoms with Crippen molar-refractivity contribution in [1.29, 1.82) is 0 Å². The van der Waals surface area contributed by atoms with Gasteiger partial charge in [0, 0.05) is 11.2 Å². The number of nitrogen functional groups attached to an aromatic ring is 1. The summed E-state index contributed by atoms with van der Waals surface area (Å²) < 4.78 is 0. The molecule has 0 heterocycles. The minimum Gasteiger partial charge on any atom is -0.507 e. The molecule has 0 aliphatic carbocycles. The Morgan fingerprint density at radius 2 is 1.84 bits per heavy atom. The van der Waals surface area contributed by atoms with Gasteiger partial charge >= 0.3 is 0 Å². The SMILES string of the molecule is CC(C)(C)CC(C)(C)NC(=O)c1cc(N)ccc1O. The van der Waals surface area contributed by atoms with Crippen LogP contribution in [-0.2, 0) is 0 Å². The van der Waals surface area contributed by atoms with Crippen molar-refractivity contribution in [3.05, 3.63) is 23.8 Å². The first-order valence-electron chi connectivity index (χ1n) is 6.41. The summed E-state index contributed by atoms with van der Waals surface area (Å²) in [5.74, 6) is -0.364. The molecule has 0 aliphatic rings. The highest BCUT2D eigenvalue weighted by atomic mass is 16.3. The maximum Gasteiger partial charge on any atom is 0.255 e. The monoisotopic (exact) mass is 264 g/mol. The van der Waals surface area contributed by atoms with E-state index in [1.165, 1.54) is 12.1 Å². The summed E-state index contributed by atoms with van der Waals surface area (Å²) >= 11 is 0. The van der Waals surface area contributed by atoms with Gasteiger partial charge in [0.05, 0.1) is 5.56 Å². The molecule has 1 amide bonds. The second-order valence-electron chi connectivity index (χ2n) is 6.85. The second-order valence-corrected chi connectivity index (χ2v) is 6.85. The second kappa shape index (κ2) is 5.11. The van der Waals surface area contributed by atoms with E-state index in [4.69, 9.17) is 5.73 Å². The molecule has 0 atom stereocenters. The Morgan fingerprint density at radius 3 is 2.37 bits per heavy atom. The molecule has 0 saturated heterocycles. The molecular formula is C15H24N2O2. The first-order valence-corrected chi connectivity index (χ1v) is 6.41. The van der Waals surface area contributed by atoms with Gasteiger partial charge in [0.25, 0.3) is 5.91 Å². The Hall–Kier alpha value is -1.71. The molecule has 19 heavy (non-hydrogen) atoms. The molecule has 1 aromatic carbocycles. The number of aromatic hydroxyl groups is 1. The van der Waals surface area contributed by atoms with Gasteiger partial charge in [-0.3, -0.25) is 4.79 Å². The molecule has 0 spiro atoms. The number of nitrogens with one attached hydrogen (secondary N) is 1. The summed E-state index contributed by atoms with van der Waals surface area (Å²) in [5, 5.41) is 12.7. The summed E-state index contributed by atoms with van der Waals surface area (Å²) in [7, 11) is 0. The maximum absolute atomic E-state index is 12.2. The van der Waals surface area contributed by atoms with E-state index in [0.29, 0.717) is 5.69 Å². The van der Waals surface area contributed by atoms with Crippen molar-refractivity contribution in [1.82, 2.24) is 5.32 Å². The molecule has 0 radical (unpaired) electrons. The van der Waals surface area contributed by atoms with Crippen LogP contribution in [-0.4, -0.2) is 16.6 Å². The fourth-order valence-corrected chi connectivity index (χ4v) is 2.48. The number of carbonyl (C=O) groups is 1. The predicted molar refractivity (Wildman–Crippen MR) is 78.1 cm³/mol. The highest BCUT2D eigenvalue weighted by Crippen LogP contribution is 2.28. The van der Waals surface area contributed by atoms with Crippen LogP contribution in [0, 0.1) is 5.41 Å². The number of nitrogens with two attached hydrogens (primary N) is 1. The van der Waals surface area contributed by atoms with Gasteiger partial charge in [-0.25, -0.2) is 0 Å². The molecule has 1 aromatic rings. The van der Waals surface area contributed by atoms with Crippen molar-refractivity contribution < 1.29 is 9.90 Å². The number of benzene rings is 1. The zero-order chi connectivity index (χ0) is 14.8. The third-order valence-corrected chi connectivity index (χ3v) is 2.69. The van der Waals surface area contributed by atoms with Gasteiger partial charge in [-0.05, 0) is 43.9 Å². The molecule has 0 unspecified atom stereocenters. The van der Waals surface area contributed by atoms with E-state index in [0.717, 1.165) is 6.42 Å². The van der Waals surface area contributed by atoms with E-state index in [9.17, 15) is 9.90 Å². The minimum absolute atomic E-state index is 0.0572. The van der Waals surface area contributed by atoms with Crippen molar-refractivity contribution in [3.63, 3.8) is 0 Å². The first-order chi connectivity index (χ1) is 8.50. The summed E-state index contributed by atoms with van der Waals surface area (Å²) in [5.41, 5.74) is 6.06. The van der Waals surface area contributed by atoms with Crippen LogP contribution in [0.25, 0.3) is 0 Å². The molecule has 1 rings (SSSR count). The van der Waals surface area contributed by atoms with Crippen LogP contribution in [0.2, 0.25) is 0 Å². The topological polar surface area (TPSA) is 75.4 Å². The van der Waals surface area contributed by atoms with Crippen LogP contribution < -0.4 is 11.1 Å². The van der Waals surface area contributed by atoms with Crippen LogP contribution in [0.3, 0.4) is 0 Å². The van der Waals surface area contributed by atoms with Gasteiger partial charge < -0.3 is 16.2 Å². The quantitative estimate of drug-likeness (QED) is 0.580. The maximum atomic E-state index is 12.2. The van der Waals surface area contributed by atoms with E-state index >= 15 is 0 Å². The predicted octanol–water partition coefficient (Wildman–Crippen LogP) is 2.92. The van der Waals surface area contributed by atoms with Crippen LogP contribution in [0.4, 0.5) is 5.69 Å². The highest BCUT2D eigenvalue weighted by Gasteiger charge is 2.28. The van der Waals surface area contributed by atoms with Crippen molar-refractivity contribution in [3.8, 4) is 5.75 Å². The molecule has 0 aliphatic heterocycles. The van der Waals surface area contributed by atoms with Gasteiger partial charge in [0.2, 0.25) is 0 Å². The van der Waals surface area contributed by atoms with E-state index < -0.39 is 0 Å². The van der Waals surface area contributed by atoms with Gasteiger partial charge in [0.1, 0.15) is 5.75 Å². The van der Waals surface area contributed by atoms with Crippen molar-refractivity contribution in [2.45, 2.75) is 46.6 Å². The summed E-state index contributed by atoms with van der Waals surface area (Å²) in [6, 6.07) is 4.48. The molecule has 0 bridgehead atoms. The fourth-order valence-electron chi connectivity index (χ4n) is 2.48. The molecule has 4 heteroatoms. The first kappa shape index (κ1) is 15.3. The van der Waals surface area contributed by atoms with E-state index in [2.05, 4.69) is 26.1 Å². The molecular weight excluding hydrogens is 240 g/mol. The molecule has 4 nitrogen and oxygen atoms in total. The number of hydrogen-bond acceptors (Lipinski definition) is 3. The minimum atomic E-state index is -0.355. The van der Waals surface area contributed by atoms with Crippen LogP contribution in [0.5, 0.6) is 5.75 Å². The van der Waals surface area contributed by atoms with Gasteiger partial charge in [-0.15, -0.1) is 0 Å². The molecule has 106 valence electrons. The summed E-state index contributed by atoms with van der Waals surface area (Å²) in [6.07, 6.45) is 0.828. The number of phenolic OH excluding ortho intramolecular Hbond substituents is 1. The van der Waals surface area contributed by atoms with Crippen LogP contribution >= 0.6 is 0 Å². The van der Waals surface area contributed by atoms with Gasteiger partial charge in [-0.2, -0.15) is 0 Å². The van der Waals surface area contributed by atoms with Crippen molar-refractivity contribution in [2.24, 2.45) is 5.41 Å². The Morgan fingerprint density at radius 1 is 1.26 bits per heavy atom. The summed E-state index contributed by atoms with van der Waals surface area (Å²) in [4.78, 5) is 12.2. The number of hydrogen-bond donors (Lipinski definition) is 3. The standard InChI is InChI=1S/C15H24N2O2/c1-14(2,3)9-15(4,5)17-13(19)11-8-10(16)6-7-12(11)18/h6-8,18H,9,16H2,1-5H3,(H,17,19). The number of amides is 1. The molecule has 4 N–H and O–H groups in total. The average molecular weight is 264 g/mol. The lowest BCUT2D eigenvalue weighted by atomic mass is 9.81. The third-order valence-electron chi connectivity index (χ3n) is 2.69. The number of anilines is 1.